The lowest BCUT2D eigenvalue weighted by Crippen LogP contribution is -2.15. The molecule has 1 saturated carbocycles. The molecule has 0 spiro atoms. The van der Waals surface area contributed by atoms with Crippen molar-refractivity contribution in [3.05, 3.63) is 41.6 Å². The second-order valence-electron chi connectivity index (χ2n) is 5.97. The van der Waals surface area contributed by atoms with Crippen LogP contribution >= 0.6 is 0 Å². The molecule has 1 aliphatic rings. The van der Waals surface area contributed by atoms with Crippen molar-refractivity contribution in [2.75, 3.05) is 17.2 Å². The summed E-state index contributed by atoms with van der Waals surface area (Å²) in [5.74, 6) is 0.253. The second kappa shape index (κ2) is 7.08. The first-order valence-electron chi connectivity index (χ1n) is 7.93. The van der Waals surface area contributed by atoms with E-state index in [0.717, 1.165) is 30.9 Å². The molecule has 1 fully saturated rings. The normalized spacial score (nSPS) is 14.2. The molecule has 0 radical (unpaired) electrons. The van der Waals surface area contributed by atoms with E-state index < -0.39 is 11.7 Å². The Morgan fingerprint density at radius 3 is 2.76 bits per heavy atom. The fourth-order valence-electron chi connectivity index (χ4n) is 2.35. The predicted octanol–water partition coefficient (Wildman–Crippen LogP) is 3.80. The molecular weight excluding hydrogens is 333 g/mol. The molecule has 2 N–H and O–H groups in total. The summed E-state index contributed by atoms with van der Waals surface area (Å²) < 4.78 is 39.3. The van der Waals surface area contributed by atoms with Gasteiger partial charge in [0.05, 0.1) is 0 Å². The van der Waals surface area contributed by atoms with Gasteiger partial charge in [0.1, 0.15) is 17.7 Å². The Balaban J connectivity index is 1.82. The monoisotopic (exact) mass is 350 g/mol. The molecule has 1 aromatic carbocycles. The van der Waals surface area contributed by atoms with Crippen LogP contribution in [0, 0.1) is 5.92 Å². The minimum absolute atomic E-state index is 0.0644. The summed E-state index contributed by atoms with van der Waals surface area (Å²) >= 11 is 0. The maximum absolute atomic E-state index is 13.1. The summed E-state index contributed by atoms with van der Waals surface area (Å²) in [5.41, 5.74) is 0.514. The van der Waals surface area contributed by atoms with Crippen LogP contribution < -0.4 is 10.6 Å². The molecule has 0 bridgehead atoms. The van der Waals surface area contributed by atoms with E-state index in [-0.39, 0.29) is 18.2 Å². The number of rotatable bonds is 7. The van der Waals surface area contributed by atoms with Gasteiger partial charge in [0.15, 0.2) is 0 Å². The molecule has 132 valence electrons. The lowest BCUT2D eigenvalue weighted by Gasteiger charge is -2.14. The Morgan fingerprint density at radius 1 is 1.28 bits per heavy atom. The van der Waals surface area contributed by atoms with Crippen LogP contribution in [0.2, 0.25) is 0 Å². The van der Waals surface area contributed by atoms with Crippen LogP contribution in [-0.4, -0.2) is 22.8 Å². The number of anilines is 3. The van der Waals surface area contributed by atoms with Crippen molar-refractivity contribution in [3.63, 3.8) is 0 Å². The van der Waals surface area contributed by atoms with Gasteiger partial charge < -0.3 is 15.4 Å². The molecule has 5 nitrogen and oxygen atoms in total. The number of nitrogens with zero attached hydrogens (tertiary/aromatic N) is 2. The average molecular weight is 350 g/mol. The maximum Gasteiger partial charge on any atom is 0.421 e. The number of aromatic nitrogens is 2. The molecular formula is C17H17F3N4O. The fourth-order valence-corrected chi connectivity index (χ4v) is 2.35. The Hall–Kier alpha value is -2.64. The van der Waals surface area contributed by atoms with E-state index in [0.29, 0.717) is 18.2 Å². The largest absolute Gasteiger partial charge is 0.421 e. The smallest absolute Gasteiger partial charge is 0.369 e. The third kappa shape index (κ3) is 4.68. The van der Waals surface area contributed by atoms with E-state index in [2.05, 4.69) is 20.6 Å². The van der Waals surface area contributed by atoms with Gasteiger partial charge in [0, 0.05) is 24.8 Å². The number of hydrogen-bond acceptors (Lipinski definition) is 5. The molecule has 3 rings (SSSR count). The topological polar surface area (TPSA) is 66.9 Å². The van der Waals surface area contributed by atoms with E-state index >= 15 is 0 Å². The minimum Gasteiger partial charge on any atom is -0.369 e. The first kappa shape index (κ1) is 17.2. The van der Waals surface area contributed by atoms with Gasteiger partial charge in [0.2, 0.25) is 5.95 Å². The van der Waals surface area contributed by atoms with Crippen LogP contribution in [0.25, 0.3) is 0 Å². The summed E-state index contributed by atoms with van der Waals surface area (Å²) in [4.78, 5) is 18.3. The zero-order valence-corrected chi connectivity index (χ0v) is 13.3. The molecule has 0 saturated heterocycles. The highest BCUT2D eigenvalue weighted by atomic mass is 19.4. The van der Waals surface area contributed by atoms with Crippen LogP contribution in [0.5, 0.6) is 0 Å². The molecule has 0 unspecified atom stereocenters. The van der Waals surface area contributed by atoms with Crippen molar-refractivity contribution >= 4 is 23.7 Å². The molecule has 0 atom stereocenters. The average Bonchev–Trinajstić information content (AvgIpc) is 3.37. The predicted molar refractivity (Wildman–Crippen MR) is 87.7 cm³/mol. The highest BCUT2D eigenvalue weighted by Crippen LogP contribution is 2.35. The van der Waals surface area contributed by atoms with E-state index in [1.807, 2.05) is 0 Å². The van der Waals surface area contributed by atoms with Crippen LogP contribution in [0.4, 0.5) is 30.6 Å². The number of aldehydes is 1. The molecule has 1 aromatic heterocycles. The van der Waals surface area contributed by atoms with Gasteiger partial charge in [-0.05, 0) is 36.5 Å². The van der Waals surface area contributed by atoms with Crippen molar-refractivity contribution in [2.45, 2.75) is 25.4 Å². The van der Waals surface area contributed by atoms with E-state index in [9.17, 15) is 18.0 Å². The van der Waals surface area contributed by atoms with Crippen molar-refractivity contribution in [2.24, 2.45) is 5.92 Å². The van der Waals surface area contributed by atoms with E-state index in [1.165, 1.54) is 0 Å². The van der Waals surface area contributed by atoms with Gasteiger partial charge in [-0.3, -0.25) is 0 Å². The highest BCUT2D eigenvalue weighted by Gasteiger charge is 2.35. The van der Waals surface area contributed by atoms with Crippen molar-refractivity contribution in [1.29, 1.82) is 0 Å². The summed E-state index contributed by atoms with van der Waals surface area (Å²) in [7, 11) is 0. The van der Waals surface area contributed by atoms with Gasteiger partial charge in [0.25, 0.3) is 0 Å². The number of halogens is 3. The zero-order valence-electron chi connectivity index (χ0n) is 13.3. The van der Waals surface area contributed by atoms with E-state index in [4.69, 9.17) is 0 Å². The van der Waals surface area contributed by atoms with Crippen molar-refractivity contribution in [1.82, 2.24) is 9.97 Å². The fraction of sp³-hybridized carbons (Fsp3) is 0.353. The quantitative estimate of drug-likeness (QED) is 0.744. The van der Waals surface area contributed by atoms with Crippen molar-refractivity contribution in [3.8, 4) is 0 Å². The van der Waals surface area contributed by atoms with Gasteiger partial charge >= 0.3 is 6.18 Å². The Bertz CT molecular complexity index is 760. The number of alkyl halides is 3. The SMILES string of the molecule is O=CCc1cccc(Nc2ncc(C(F)(F)F)c(NCC3CC3)n2)c1. The minimum atomic E-state index is -4.52. The number of carbonyl (C=O) groups is 1. The summed E-state index contributed by atoms with van der Waals surface area (Å²) in [6, 6.07) is 6.99. The van der Waals surface area contributed by atoms with Crippen LogP contribution in [0.3, 0.4) is 0 Å². The van der Waals surface area contributed by atoms with Gasteiger partial charge in [-0.25, -0.2) is 4.98 Å². The molecule has 1 aliphatic carbocycles. The molecule has 0 amide bonds. The third-order valence-electron chi connectivity index (χ3n) is 3.85. The van der Waals surface area contributed by atoms with Crippen LogP contribution in [0.15, 0.2) is 30.5 Å². The summed E-state index contributed by atoms with van der Waals surface area (Å²) in [6.07, 6.45) is -0.651. The van der Waals surface area contributed by atoms with Gasteiger partial charge in [-0.1, -0.05) is 12.1 Å². The second-order valence-corrected chi connectivity index (χ2v) is 5.97. The summed E-state index contributed by atoms with van der Waals surface area (Å²) in [5, 5.41) is 5.66. The number of nitrogens with one attached hydrogen (secondary N) is 2. The lowest BCUT2D eigenvalue weighted by atomic mass is 10.1. The Labute approximate surface area is 142 Å². The first-order chi connectivity index (χ1) is 12.0. The summed E-state index contributed by atoms with van der Waals surface area (Å²) in [6.45, 7) is 0.467. The maximum atomic E-state index is 13.1. The standard InChI is InChI=1S/C17H17F3N4O/c18-17(19,20)14-10-22-16(24-15(14)21-9-12-4-5-12)23-13-3-1-2-11(8-13)6-7-25/h1-3,7-8,10,12H,4-6,9H2,(H2,21,22,23,24). The highest BCUT2D eigenvalue weighted by molar-refractivity contribution is 5.61. The molecule has 2 aromatic rings. The van der Waals surface area contributed by atoms with Crippen LogP contribution in [-0.2, 0) is 17.4 Å². The first-order valence-corrected chi connectivity index (χ1v) is 7.93. The van der Waals surface area contributed by atoms with Gasteiger partial charge in [-0.2, -0.15) is 18.2 Å². The van der Waals surface area contributed by atoms with E-state index in [1.54, 1.807) is 24.3 Å². The molecule has 1 heterocycles. The number of hydrogen-bond donors (Lipinski definition) is 2. The lowest BCUT2D eigenvalue weighted by molar-refractivity contribution is -0.137. The Morgan fingerprint density at radius 2 is 2.08 bits per heavy atom. The van der Waals surface area contributed by atoms with Crippen LogP contribution in [0.1, 0.15) is 24.0 Å². The number of carbonyl (C=O) groups excluding carboxylic acids is 1. The molecule has 0 aliphatic heterocycles. The number of benzene rings is 1. The molecule has 25 heavy (non-hydrogen) atoms. The Kier molecular flexibility index (Phi) is 4.87. The third-order valence-corrected chi connectivity index (χ3v) is 3.85. The van der Waals surface area contributed by atoms with Crippen molar-refractivity contribution < 1.29 is 18.0 Å². The van der Waals surface area contributed by atoms with Gasteiger partial charge in [-0.15, -0.1) is 0 Å². The molecule has 8 heteroatoms. The zero-order chi connectivity index (χ0) is 17.9.